The Bertz CT molecular complexity index is 144. The van der Waals surface area contributed by atoms with Gasteiger partial charge >= 0.3 is 0 Å². The monoisotopic (exact) mass is 150 g/mol. The van der Waals surface area contributed by atoms with Gasteiger partial charge in [0.15, 0.2) is 0 Å². The standard InChI is InChI=1S/C11H18/c1-3-5-7-11-9-6-8-10(11)4-2/h4,6,9-11H,2-3,5,7-8H2,1H3/t10-,11-/m1/s1. The first-order valence-electron chi connectivity index (χ1n) is 4.67. The molecule has 62 valence electrons. The lowest BCUT2D eigenvalue weighted by Gasteiger charge is -2.14. The Hall–Kier alpha value is -0.520. The molecule has 0 aromatic heterocycles. The summed E-state index contributed by atoms with van der Waals surface area (Å²) in [6.45, 7) is 6.11. The first-order valence-corrected chi connectivity index (χ1v) is 4.67. The third-order valence-electron chi connectivity index (χ3n) is 2.54. The summed E-state index contributed by atoms with van der Waals surface area (Å²) in [7, 11) is 0. The Balaban J connectivity index is 2.30. The van der Waals surface area contributed by atoms with Gasteiger partial charge in [-0.25, -0.2) is 0 Å². The van der Waals surface area contributed by atoms with Crippen molar-refractivity contribution in [3.63, 3.8) is 0 Å². The van der Waals surface area contributed by atoms with E-state index in [1.165, 1.54) is 25.7 Å². The van der Waals surface area contributed by atoms with E-state index < -0.39 is 0 Å². The van der Waals surface area contributed by atoms with Crippen molar-refractivity contribution in [2.75, 3.05) is 0 Å². The molecule has 0 N–H and O–H groups in total. The molecule has 0 fully saturated rings. The van der Waals surface area contributed by atoms with Gasteiger partial charge in [-0.05, 0) is 24.7 Å². The predicted molar refractivity (Wildman–Crippen MR) is 50.5 cm³/mol. The van der Waals surface area contributed by atoms with Gasteiger partial charge in [0, 0.05) is 0 Å². The summed E-state index contributed by atoms with van der Waals surface area (Å²) >= 11 is 0. The van der Waals surface area contributed by atoms with Crippen molar-refractivity contribution in [2.45, 2.75) is 32.6 Å². The molecule has 11 heavy (non-hydrogen) atoms. The molecule has 0 aromatic rings. The molecular weight excluding hydrogens is 132 g/mol. The maximum absolute atomic E-state index is 3.86. The molecule has 0 heterocycles. The highest BCUT2D eigenvalue weighted by Gasteiger charge is 2.18. The van der Waals surface area contributed by atoms with Gasteiger partial charge in [-0.1, -0.05) is 38.0 Å². The first-order chi connectivity index (χ1) is 5.38. The molecule has 0 nitrogen and oxygen atoms in total. The average molecular weight is 150 g/mol. The molecule has 0 aliphatic heterocycles. The molecule has 1 aliphatic carbocycles. The first kappa shape index (κ1) is 8.58. The number of allylic oxidation sites excluding steroid dienone is 3. The van der Waals surface area contributed by atoms with E-state index in [1.54, 1.807) is 0 Å². The van der Waals surface area contributed by atoms with Gasteiger partial charge in [0.1, 0.15) is 0 Å². The maximum Gasteiger partial charge on any atom is -0.0139 e. The summed E-state index contributed by atoms with van der Waals surface area (Å²) in [5.74, 6) is 1.54. The minimum absolute atomic E-state index is 0.738. The van der Waals surface area contributed by atoms with Gasteiger partial charge in [-0.15, -0.1) is 6.58 Å². The van der Waals surface area contributed by atoms with Gasteiger partial charge in [0.25, 0.3) is 0 Å². The van der Waals surface area contributed by atoms with E-state index in [2.05, 4.69) is 31.7 Å². The number of rotatable bonds is 4. The van der Waals surface area contributed by atoms with Crippen molar-refractivity contribution in [3.05, 3.63) is 24.8 Å². The molecule has 0 amide bonds. The molecule has 0 saturated heterocycles. The highest BCUT2D eigenvalue weighted by Crippen LogP contribution is 2.29. The average Bonchev–Trinajstić information content (AvgIpc) is 2.47. The van der Waals surface area contributed by atoms with Crippen LogP contribution in [0.25, 0.3) is 0 Å². The Labute approximate surface area is 70.0 Å². The second kappa shape index (κ2) is 4.38. The summed E-state index contributed by atoms with van der Waals surface area (Å²) in [6.07, 6.45) is 12.0. The van der Waals surface area contributed by atoms with Crippen LogP contribution in [0.5, 0.6) is 0 Å². The lowest BCUT2D eigenvalue weighted by Crippen LogP contribution is -2.04. The molecule has 2 atom stereocenters. The number of hydrogen-bond donors (Lipinski definition) is 0. The van der Waals surface area contributed by atoms with Gasteiger partial charge in [0.05, 0.1) is 0 Å². The fourth-order valence-corrected chi connectivity index (χ4v) is 1.75. The van der Waals surface area contributed by atoms with Crippen LogP contribution in [0.3, 0.4) is 0 Å². The van der Waals surface area contributed by atoms with E-state index in [1.807, 2.05) is 0 Å². The SMILES string of the molecule is C=C[C@@H]1CC=C[C@H]1CCCC. The van der Waals surface area contributed by atoms with Crippen molar-refractivity contribution >= 4 is 0 Å². The van der Waals surface area contributed by atoms with E-state index >= 15 is 0 Å². The lowest BCUT2D eigenvalue weighted by molar-refractivity contribution is 0.460. The molecule has 0 bridgehead atoms. The van der Waals surface area contributed by atoms with Crippen LogP contribution in [0, 0.1) is 11.8 Å². The van der Waals surface area contributed by atoms with E-state index in [-0.39, 0.29) is 0 Å². The zero-order valence-corrected chi connectivity index (χ0v) is 7.42. The van der Waals surface area contributed by atoms with Gasteiger partial charge in [-0.2, -0.15) is 0 Å². The van der Waals surface area contributed by atoms with Gasteiger partial charge in [0.2, 0.25) is 0 Å². The van der Waals surface area contributed by atoms with Crippen molar-refractivity contribution in [3.8, 4) is 0 Å². The van der Waals surface area contributed by atoms with E-state index in [0.717, 1.165) is 11.8 Å². The summed E-state index contributed by atoms with van der Waals surface area (Å²) in [5.41, 5.74) is 0. The minimum Gasteiger partial charge on any atom is -0.103 e. The van der Waals surface area contributed by atoms with Crippen molar-refractivity contribution in [2.24, 2.45) is 11.8 Å². The molecule has 0 spiro atoms. The number of unbranched alkanes of at least 4 members (excludes halogenated alkanes) is 1. The third-order valence-corrected chi connectivity index (χ3v) is 2.54. The van der Waals surface area contributed by atoms with Crippen LogP contribution in [0.15, 0.2) is 24.8 Å². The third kappa shape index (κ3) is 2.21. The largest absolute Gasteiger partial charge is 0.103 e. The lowest BCUT2D eigenvalue weighted by atomic mass is 9.91. The summed E-state index contributed by atoms with van der Waals surface area (Å²) in [4.78, 5) is 0. The summed E-state index contributed by atoms with van der Waals surface area (Å²) < 4.78 is 0. The fraction of sp³-hybridized carbons (Fsp3) is 0.636. The van der Waals surface area contributed by atoms with Gasteiger partial charge < -0.3 is 0 Å². The molecule has 0 aromatic carbocycles. The zero-order valence-electron chi connectivity index (χ0n) is 7.42. The van der Waals surface area contributed by atoms with E-state index in [9.17, 15) is 0 Å². The molecule has 1 aliphatic rings. The normalized spacial score (nSPS) is 29.2. The van der Waals surface area contributed by atoms with Crippen LogP contribution in [-0.4, -0.2) is 0 Å². The van der Waals surface area contributed by atoms with E-state index in [0.29, 0.717) is 0 Å². The van der Waals surface area contributed by atoms with Crippen molar-refractivity contribution in [1.82, 2.24) is 0 Å². The summed E-state index contributed by atoms with van der Waals surface area (Å²) in [5, 5.41) is 0. The van der Waals surface area contributed by atoms with Gasteiger partial charge in [-0.3, -0.25) is 0 Å². The van der Waals surface area contributed by atoms with Crippen LogP contribution < -0.4 is 0 Å². The molecule has 0 unspecified atom stereocenters. The maximum atomic E-state index is 3.86. The topological polar surface area (TPSA) is 0 Å². The fourth-order valence-electron chi connectivity index (χ4n) is 1.75. The quantitative estimate of drug-likeness (QED) is 0.537. The Morgan fingerprint density at radius 3 is 3.09 bits per heavy atom. The Morgan fingerprint density at radius 1 is 1.64 bits per heavy atom. The Kier molecular flexibility index (Phi) is 3.41. The van der Waals surface area contributed by atoms with Crippen LogP contribution >= 0.6 is 0 Å². The number of hydrogen-bond acceptors (Lipinski definition) is 0. The molecule has 1 rings (SSSR count). The van der Waals surface area contributed by atoms with Crippen LogP contribution in [0.4, 0.5) is 0 Å². The Morgan fingerprint density at radius 2 is 2.45 bits per heavy atom. The molecule has 0 radical (unpaired) electrons. The van der Waals surface area contributed by atoms with E-state index in [4.69, 9.17) is 0 Å². The second-order valence-electron chi connectivity index (χ2n) is 3.37. The predicted octanol–water partition coefficient (Wildman–Crippen LogP) is 3.55. The zero-order chi connectivity index (χ0) is 8.10. The highest BCUT2D eigenvalue weighted by atomic mass is 14.2. The summed E-state index contributed by atoms with van der Waals surface area (Å²) in [6, 6.07) is 0. The smallest absolute Gasteiger partial charge is 0.0139 e. The second-order valence-corrected chi connectivity index (χ2v) is 3.37. The molecule has 0 heteroatoms. The van der Waals surface area contributed by atoms with Crippen LogP contribution in [-0.2, 0) is 0 Å². The molecule has 0 saturated carbocycles. The van der Waals surface area contributed by atoms with Crippen LogP contribution in [0.2, 0.25) is 0 Å². The van der Waals surface area contributed by atoms with Crippen molar-refractivity contribution in [1.29, 1.82) is 0 Å². The minimum atomic E-state index is 0.738. The van der Waals surface area contributed by atoms with Crippen LogP contribution in [0.1, 0.15) is 32.6 Å². The highest BCUT2D eigenvalue weighted by molar-refractivity contribution is 5.06. The molecular formula is C11H18. The van der Waals surface area contributed by atoms with Crippen molar-refractivity contribution < 1.29 is 0 Å².